The molecule has 0 radical (unpaired) electrons. The highest BCUT2D eigenvalue weighted by atomic mass is 32.2. The van der Waals surface area contributed by atoms with Gasteiger partial charge in [0.25, 0.3) is 0 Å². The molecule has 0 unspecified atom stereocenters. The molecule has 0 aliphatic heterocycles. The van der Waals surface area contributed by atoms with E-state index in [1.54, 1.807) is 17.1 Å². The number of sulfonamides is 1. The molecule has 148 valence electrons. The Bertz CT molecular complexity index is 1060. The van der Waals surface area contributed by atoms with E-state index in [9.17, 15) is 21.6 Å². The number of nitrogens with two attached hydrogens (primary N) is 1. The van der Waals surface area contributed by atoms with E-state index >= 15 is 0 Å². The van der Waals surface area contributed by atoms with Gasteiger partial charge in [-0.15, -0.1) is 0 Å². The number of alkyl halides is 3. The summed E-state index contributed by atoms with van der Waals surface area (Å²) >= 11 is 0. The van der Waals surface area contributed by atoms with Gasteiger partial charge in [0.05, 0.1) is 22.3 Å². The second kappa shape index (κ2) is 7.64. The van der Waals surface area contributed by atoms with Crippen LogP contribution in [0.25, 0.3) is 5.69 Å². The second-order valence-electron chi connectivity index (χ2n) is 6.06. The molecule has 2 aromatic carbocycles. The SMILES string of the molecule is NS(=O)(=O)c1ccc(NCCc2cnn(-c3ccccc3)c2)c(C(F)(F)F)c1. The zero-order valence-corrected chi connectivity index (χ0v) is 15.3. The minimum Gasteiger partial charge on any atom is -0.384 e. The standard InChI is InChI=1S/C18H17F3N4O2S/c19-18(20,21)16-10-15(28(22,26)27)6-7-17(16)23-9-8-13-11-24-25(12-13)14-4-2-1-3-5-14/h1-7,10-12,23H,8-9H2,(H2,22,26,27). The van der Waals surface area contributed by atoms with Crippen LogP contribution in [-0.4, -0.2) is 24.7 Å². The van der Waals surface area contributed by atoms with E-state index < -0.39 is 26.7 Å². The second-order valence-corrected chi connectivity index (χ2v) is 7.62. The van der Waals surface area contributed by atoms with Crippen LogP contribution >= 0.6 is 0 Å². The maximum Gasteiger partial charge on any atom is 0.418 e. The van der Waals surface area contributed by atoms with Gasteiger partial charge in [-0.1, -0.05) is 18.2 Å². The lowest BCUT2D eigenvalue weighted by Gasteiger charge is -2.15. The zero-order valence-electron chi connectivity index (χ0n) is 14.5. The van der Waals surface area contributed by atoms with Crippen LogP contribution in [0.4, 0.5) is 18.9 Å². The van der Waals surface area contributed by atoms with Gasteiger partial charge < -0.3 is 5.32 Å². The molecule has 0 spiro atoms. The summed E-state index contributed by atoms with van der Waals surface area (Å²) in [6.45, 7) is 0.207. The normalized spacial score (nSPS) is 12.1. The number of halogens is 3. The van der Waals surface area contributed by atoms with Crippen molar-refractivity contribution in [2.45, 2.75) is 17.5 Å². The lowest BCUT2D eigenvalue weighted by atomic mass is 10.1. The molecule has 3 rings (SSSR count). The number of primary sulfonamides is 1. The van der Waals surface area contributed by atoms with Crippen molar-refractivity contribution in [2.24, 2.45) is 5.14 Å². The molecule has 3 aromatic rings. The van der Waals surface area contributed by atoms with Crippen LogP contribution in [0.1, 0.15) is 11.1 Å². The van der Waals surface area contributed by atoms with E-state index in [4.69, 9.17) is 5.14 Å². The zero-order chi connectivity index (χ0) is 20.4. The summed E-state index contributed by atoms with van der Waals surface area (Å²) < 4.78 is 64.1. The van der Waals surface area contributed by atoms with Crippen molar-refractivity contribution < 1.29 is 21.6 Å². The van der Waals surface area contributed by atoms with Gasteiger partial charge in [-0.25, -0.2) is 18.2 Å². The fourth-order valence-electron chi connectivity index (χ4n) is 2.64. The molecule has 28 heavy (non-hydrogen) atoms. The van der Waals surface area contributed by atoms with Crippen LogP contribution in [0.2, 0.25) is 0 Å². The summed E-state index contributed by atoms with van der Waals surface area (Å²) in [5, 5.41) is 11.9. The van der Waals surface area contributed by atoms with Crippen LogP contribution in [0.15, 0.2) is 65.8 Å². The topological polar surface area (TPSA) is 90.0 Å². The largest absolute Gasteiger partial charge is 0.418 e. The van der Waals surface area contributed by atoms with E-state index in [-0.39, 0.29) is 12.2 Å². The fourth-order valence-corrected chi connectivity index (χ4v) is 3.18. The Morgan fingerprint density at radius 3 is 2.46 bits per heavy atom. The predicted octanol–water partition coefficient (Wildman–Crippen LogP) is 3.19. The highest BCUT2D eigenvalue weighted by Crippen LogP contribution is 2.36. The van der Waals surface area contributed by atoms with Crippen molar-refractivity contribution in [3.05, 3.63) is 72.1 Å². The van der Waals surface area contributed by atoms with Crippen LogP contribution in [0.3, 0.4) is 0 Å². The summed E-state index contributed by atoms with van der Waals surface area (Å²) in [5.74, 6) is 0. The van der Waals surface area contributed by atoms with Crippen LogP contribution in [0.5, 0.6) is 0 Å². The van der Waals surface area contributed by atoms with Gasteiger partial charge in [0, 0.05) is 18.4 Å². The van der Waals surface area contributed by atoms with Crippen molar-refractivity contribution in [3.8, 4) is 5.69 Å². The Kier molecular flexibility index (Phi) is 5.43. The van der Waals surface area contributed by atoms with Crippen molar-refractivity contribution in [2.75, 3.05) is 11.9 Å². The first-order valence-electron chi connectivity index (χ1n) is 8.21. The third kappa shape index (κ3) is 4.70. The molecular formula is C18H17F3N4O2S. The maximum absolute atomic E-state index is 13.3. The molecule has 0 aliphatic rings. The molecule has 1 aromatic heterocycles. The van der Waals surface area contributed by atoms with Gasteiger partial charge in [0.1, 0.15) is 0 Å². The molecule has 0 aliphatic carbocycles. The molecule has 0 amide bonds. The molecule has 3 N–H and O–H groups in total. The van der Waals surface area contributed by atoms with Crippen LogP contribution in [-0.2, 0) is 22.6 Å². The number of anilines is 1. The van der Waals surface area contributed by atoms with Gasteiger partial charge in [-0.2, -0.15) is 18.3 Å². The smallest absolute Gasteiger partial charge is 0.384 e. The number of hydrogen-bond acceptors (Lipinski definition) is 4. The Balaban J connectivity index is 1.72. The number of nitrogens with zero attached hydrogens (tertiary/aromatic N) is 2. The quantitative estimate of drug-likeness (QED) is 0.653. The summed E-state index contributed by atoms with van der Waals surface area (Å²) in [6.07, 6.45) is -0.850. The average Bonchev–Trinajstić information content (AvgIpc) is 3.10. The minimum absolute atomic E-state index is 0.207. The molecule has 0 saturated heterocycles. The first-order valence-corrected chi connectivity index (χ1v) is 9.76. The number of hydrogen-bond donors (Lipinski definition) is 2. The first-order chi connectivity index (χ1) is 13.1. The van der Waals surface area contributed by atoms with Crippen molar-refractivity contribution >= 4 is 15.7 Å². The van der Waals surface area contributed by atoms with Gasteiger partial charge in [0.15, 0.2) is 0 Å². The van der Waals surface area contributed by atoms with Gasteiger partial charge in [-0.05, 0) is 42.3 Å². The minimum atomic E-state index is -4.72. The number of aromatic nitrogens is 2. The number of nitrogens with one attached hydrogen (secondary N) is 1. The Hall–Kier alpha value is -2.85. The predicted molar refractivity (Wildman–Crippen MR) is 98.6 cm³/mol. The molecule has 0 atom stereocenters. The Labute approximate surface area is 159 Å². The van der Waals surface area contributed by atoms with E-state index in [1.807, 2.05) is 30.3 Å². The van der Waals surface area contributed by atoms with Gasteiger partial charge in [-0.3, -0.25) is 0 Å². The number of benzene rings is 2. The summed E-state index contributed by atoms with van der Waals surface area (Å²) in [6, 6.07) is 12.1. The maximum atomic E-state index is 13.3. The number of rotatable bonds is 6. The monoisotopic (exact) mass is 410 g/mol. The molecule has 0 saturated carbocycles. The van der Waals surface area contributed by atoms with E-state index in [0.29, 0.717) is 12.5 Å². The summed E-state index contributed by atoms with van der Waals surface area (Å²) in [4.78, 5) is -0.588. The lowest BCUT2D eigenvalue weighted by molar-refractivity contribution is -0.137. The molecule has 6 nitrogen and oxygen atoms in total. The number of para-hydroxylation sites is 1. The van der Waals surface area contributed by atoms with Crippen molar-refractivity contribution in [1.29, 1.82) is 0 Å². The van der Waals surface area contributed by atoms with E-state index in [2.05, 4.69) is 10.4 Å². The third-order valence-corrected chi connectivity index (χ3v) is 4.92. The van der Waals surface area contributed by atoms with Crippen LogP contribution < -0.4 is 10.5 Å². The Morgan fingerprint density at radius 2 is 1.82 bits per heavy atom. The third-order valence-electron chi connectivity index (χ3n) is 4.01. The van der Waals surface area contributed by atoms with Gasteiger partial charge in [0.2, 0.25) is 10.0 Å². The molecule has 0 bridgehead atoms. The molecule has 1 heterocycles. The summed E-state index contributed by atoms with van der Waals surface area (Å²) in [5.41, 5.74) is 0.417. The van der Waals surface area contributed by atoms with Crippen LogP contribution in [0, 0.1) is 0 Å². The molecular weight excluding hydrogens is 393 g/mol. The Morgan fingerprint density at radius 1 is 1.11 bits per heavy atom. The molecule has 0 fully saturated rings. The summed E-state index contributed by atoms with van der Waals surface area (Å²) in [7, 11) is -4.23. The molecule has 10 heteroatoms. The highest BCUT2D eigenvalue weighted by molar-refractivity contribution is 7.89. The van der Waals surface area contributed by atoms with Crippen molar-refractivity contribution in [1.82, 2.24) is 9.78 Å². The van der Waals surface area contributed by atoms with E-state index in [0.717, 1.165) is 23.4 Å². The van der Waals surface area contributed by atoms with Crippen molar-refractivity contribution in [3.63, 3.8) is 0 Å². The van der Waals surface area contributed by atoms with Gasteiger partial charge >= 0.3 is 6.18 Å². The van der Waals surface area contributed by atoms with E-state index in [1.165, 1.54) is 0 Å². The fraction of sp³-hybridized carbons (Fsp3) is 0.167. The lowest BCUT2D eigenvalue weighted by Crippen LogP contribution is -2.17. The highest BCUT2D eigenvalue weighted by Gasteiger charge is 2.34. The average molecular weight is 410 g/mol. The first kappa shape index (κ1) is 19.9.